The summed E-state index contributed by atoms with van der Waals surface area (Å²) in [6.45, 7) is 7.13. The molecular formula is C24H29N5OS. The van der Waals surface area contributed by atoms with Gasteiger partial charge in [-0.05, 0) is 68.5 Å². The van der Waals surface area contributed by atoms with Crippen LogP contribution in [0.2, 0.25) is 0 Å². The Bertz CT molecular complexity index is 1100. The van der Waals surface area contributed by atoms with Crippen LogP contribution in [0, 0.1) is 25.2 Å². The maximum absolute atomic E-state index is 13.0. The minimum Gasteiger partial charge on any atom is -0.349 e. The second-order valence-electron chi connectivity index (χ2n) is 7.59. The average molecular weight is 436 g/mol. The number of hydrogen-bond donors (Lipinski definition) is 2. The first-order chi connectivity index (χ1) is 15.0. The second kappa shape index (κ2) is 10.4. The number of hydrogen-bond acceptors (Lipinski definition) is 4. The van der Waals surface area contributed by atoms with Gasteiger partial charge in [0.1, 0.15) is 17.5 Å². The lowest BCUT2D eigenvalue weighted by Gasteiger charge is -2.16. The Balaban J connectivity index is 1.86. The summed E-state index contributed by atoms with van der Waals surface area (Å²) < 4.78 is 2.22. The lowest BCUT2D eigenvalue weighted by molar-refractivity contribution is -0.117. The minimum absolute atomic E-state index is 0.0991. The van der Waals surface area contributed by atoms with Gasteiger partial charge in [0, 0.05) is 17.9 Å². The fourth-order valence-electron chi connectivity index (χ4n) is 3.73. The molecule has 0 radical (unpaired) electrons. The number of thioether (sulfide) groups is 1. The van der Waals surface area contributed by atoms with Gasteiger partial charge in [-0.15, -0.1) is 0 Å². The van der Waals surface area contributed by atoms with Crippen LogP contribution < -0.4 is 5.32 Å². The number of aryl methyl sites for hydroxylation is 1. The van der Waals surface area contributed by atoms with Gasteiger partial charge < -0.3 is 14.9 Å². The first kappa shape index (κ1) is 22.7. The molecule has 0 aliphatic carbocycles. The maximum atomic E-state index is 13.0. The standard InChI is InChI=1S/C24H29N5OS/c1-5-11-29-16(2)13-18(17(29)3)14-19(15-25)24(30)28-22(10-12-31-4)23-26-20-8-6-7-9-21(20)27-23/h6-9,13-14,22H,5,10-12H2,1-4H3,(H,26,27)(H,28,30)/t22-/m0/s1. The Morgan fingerprint density at radius 3 is 2.84 bits per heavy atom. The summed E-state index contributed by atoms with van der Waals surface area (Å²) >= 11 is 1.71. The molecule has 6 nitrogen and oxygen atoms in total. The fourth-order valence-corrected chi connectivity index (χ4v) is 4.20. The van der Waals surface area contributed by atoms with E-state index in [-0.39, 0.29) is 17.5 Å². The summed E-state index contributed by atoms with van der Waals surface area (Å²) in [5.41, 5.74) is 4.99. The highest BCUT2D eigenvalue weighted by Gasteiger charge is 2.21. The number of carbonyl (C=O) groups excluding carboxylic acids is 1. The van der Waals surface area contributed by atoms with Gasteiger partial charge in [0.05, 0.1) is 17.1 Å². The summed E-state index contributed by atoms with van der Waals surface area (Å²) in [5, 5.41) is 12.7. The number of amides is 1. The van der Waals surface area contributed by atoms with E-state index in [2.05, 4.69) is 32.8 Å². The van der Waals surface area contributed by atoms with Gasteiger partial charge in [-0.2, -0.15) is 17.0 Å². The van der Waals surface area contributed by atoms with E-state index in [0.29, 0.717) is 5.82 Å². The Hall–Kier alpha value is -2.98. The molecule has 3 aromatic rings. The van der Waals surface area contributed by atoms with Crippen molar-refractivity contribution in [3.63, 3.8) is 0 Å². The highest BCUT2D eigenvalue weighted by Crippen LogP contribution is 2.22. The number of para-hydroxylation sites is 2. The van der Waals surface area contributed by atoms with Crippen LogP contribution in [0.5, 0.6) is 0 Å². The van der Waals surface area contributed by atoms with E-state index in [0.717, 1.165) is 53.1 Å². The molecular weight excluding hydrogens is 406 g/mol. The van der Waals surface area contributed by atoms with Gasteiger partial charge in [0.15, 0.2) is 0 Å². The number of aromatic nitrogens is 3. The molecule has 0 unspecified atom stereocenters. The molecule has 1 atom stereocenters. The monoisotopic (exact) mass is 435 g/mol. The van der Waals surface area contributed by atoms with E-state index < -0.39 is 0 Å². The maximum Gasteiger partial charge on any atom is 0.262 e. The first-order valence-corrected chi connectivity index (χ1v) is 11.9. The molecule has 1 amide bonds. The van der Waals surface area contributed by atoms with E-state index in [9.17, 15) is 10.1 Å². The largest absolute Gasteiger partial charge is 0.349 e. The molecule has 31 heavy (non-hydrogen) atoms. The van der Waals surface area contributed by atoms with Crippen molar-refractivity contribution in [2.45, 2.75) is 46.2 Å². The number of nitrogens with one attached hydrogen (secondary N) is 2. The summed E-state index contributed by atoms with van der Waals surface area (Å²) in [4.78, 5) is 21.0. The number of carbonyl (C=O) groups is 1. The number of aromatic amines is 1. The predicted octanol–water partition coefficient (Wildman–Crippen LogP) is 4.91. The number of nitrogens with zero attached hydrogens (tertiary/aromatic N) is 3. The number of benzene rings is 1. The average Bonchev–Trinajstić information content (AvgIpc) is 3.31. The molecule has 7 heteroatoms. The predicted molar refractivity (Wildman–Crippen MR) is 128 cm³/mol. The van der Waals surface area contributed by atoms with E-state index in [1.165, 1.54) is 0 Å². The third kappa shape index (κ3) is 5.20. The molecule has 0 saturated carbocycles. The number of rotatable bonds is 9. The Kier molecular flexibility index (Phi) is 7.59. The van der Waals surface area contributed by atoms with Crippen molar-refractivity contribution in [3.8, 4) is 6.07 Å². The number of H-pyrrole nitrogens is 1. The second-order valence-corrected chi connectivity index (χ2v) is 8.58. The minimum atomic E-state index is -0.380. The van der Waals surface area contributed by atoms with Crippen molar-refractivity contribution in [1.82, 2.24) is 19.9 Å². The van der Waals surface area contributed by atoms with Gasteiger partial charge >= 0.3 is 0 Å². The van der Waals surface area contributed by atoms with Crippen LogP contribution in [0.1, 0.15) is 48.6 Å². The summed E-state index contributed by atoms with van der Waals surface area (Å²) in [6, 6.07) is 11.6. The number of nitriles is 1. The van der Waals surface area contributed by atoms with Crippen LogP contribution in [0.3, 0.4) is 0 Å². The molecule has 2 N–H and O–H groups in total. The zero-order chi connectivity index (χ0) is 22.4. The molecule has 0 bridgehead atoms. The third-order valence-electron chi connectivity index (χ3n) is 5.38. The third-order valence-corrected chi connectivity index (χ3v) is 6.02. The van der Waals surface area contributed by atoms with Crippen LogP contribution in [0.4, 0.5) is 0 Å². The van der Waals surface area contributed by atoms with E-state index in [1.807, 2.05) is 50.4 Å². The van der Waals surface area contributed by atoms with Gasteiger partial charge in [0.2, 0.25) is 0 Å². The summed E-state index contributed by atoms with van der Waals surface area (Å²) in [7, 11) is 0. The van der Waals surface area contributed by atoms with E-state index in [1.54, 1.807) is 17.8 Å². The first-order valence-electron chi connectivity index (χ1n) is 10.5. The highest BCUT2D eigenvalue weighted by molar-refractivity contribution is 7.98. The molecule has 0 saturated heterocycles. The topological polar surface area (TPSA) is 86.5 Å². The van der Waals surface area contributed by atoms with Gasteiger partial charge in [-0.3, -0.25) is 4.79 Å². The summed E-state index contributed by atoms with van der Waals surface area (Å²) in [6.07, 6.45) is 5.47. The number of fused-ring (bicyclic) bond motifs is 1. The molecule has 0 fully saturated rings. The van der Waals surface area contributed by atoms with Crippen molar-refractivity contribution < 1.29 is 4.79 Å². The molecule has 0 aliphatic heterocycles. The molecule has 1 aromatic carbocycles. The normalized spacial score (nSPS) is 12.7. The van der Waals surface area contributed by atoms with Crippen LogP contribution in [-0.4, -0.2) is 32.5 Å². The Morgan fingerprint density at radius 2 is 2.16 bits per heavy atom. The van der Waals surface area contributed by atoms with Gasteiger partial charge in [-0.25, -0.2) is 4.98 Å². The molecule has 2 heterocycles. The SMILES string of the molecule is CCCn1c(C)cc(C=C(C#N)C(=O)N[C@@H](CCSC)c2nc3ccccc3[nH]2)c1C. The molecule has 2 aromatic heterocycles. The molecule has 3 rings (SSSR count). The summed E-state index contributed by atoms with van der Waals surface area (Å²) in [5.74, 6) is 1.20. The quantitative estimate of drug-likeness (QED) is 0.369. The smallest absolute Gasteiger partial charge is 0.262 e. The molecule has 0 aliphatic rings. The van der Waals surface area contributed by atoms with E-state index in [4.69, 9.17) is 0 Å². The van der Waals surface area contributed by atoms with Crippen molar-refractivity contribution in [2.24, 2.45) is 0 Å². The zero-order valence-electron chi connectivity index (χ0n) is 18.5. The zero-order valence-corrected chi connectivity index (χ0v) is 19.3. The fraction of sp³-hybridized carbons (Fsp3) is 0.375. The van der Waals surface area contributed by atoms with Crippen LogP contribution >= 0.6 is 11.8 Å². The lowest BCUT2D eigenvalue weighted by Crippen LogP contribution is -2.30. The Morgan fingerprint density at radius 1 is 1.39 bits per heavy atom. The van der Waals surface area contributed by atoms with Crippen molar-refractivity contribution in [3.05, 3.63) is 58.7 Å². The van der Waals surface area contributed by atoms with Crippen LogP contribution in [-0.2, 0) is 11.3 Å². The van der Waals surface area contributed by atoms with Crippen molar-refractivity contribution in [1.29, 1.82) is 5.26 Å². The number of imidazole rings is 1. The van der Waals surface area contributed by atoms with Crippen molar-refractivity contribution in [2.75, 3.05) is 12.0 Å². The van der Waals surface area contributed by atoms with Gasteiger partial charge in [0.25, 0.3) is 5.91 Å². The van der Waals surface area contributed by atoms with Crippen LogP contribution in [0.25, 0.3) is 17.1 Å². The van der Waals surface area contributed by atoms with E-state index >= 15 is 0 Å². The highest BCUT2D eigenvalue weighted by atomic mass is 32.2. The Labute approximate surface area is 187 Å². The van der Waals surface area contributed by atoms with Crippen molar-refractivity contribution >= 4 is 34.8 Å². The molecule has 162 valence electrons. The molecule has 0 spiro atoms. The lowest BCUT2D eigenvalue weighted by atomic mass is 10.1. The van der Waals surface area contributed by atoms with Gasteiger partial charge in [-0.1, -0.05) is 19.1 Å². The van der Waals surface area contributed by atoms with Crippen LogP contribution in [0.15, 0.2) is 35.9 Å².